The summed E-state index contributed by atoms with van der Waals surface area (Å²) in [4.78, 5) is 39.3. The van der Waals surface area contributed by atoms with E-state index in [2.05, 4.69) is 52.8 Å². The van der Waals surface area contributed by atoms with Crippen LogP contribution < -0.4 is 5.32 Å². The highest BCUT2D eigenvalue weighted by Gasteiger charge is 2.43. The molecular weight excluding hydrogens is 709 g/mol. The minimum atomic E-state index is -0.719. The van der Waals surface area contributed by atoms with Gasteiger partial charge in [-0.05, 0) is 73.7 Å². The van der Waals surface area contributed by atoms with Crippen molar-refractivity contribution in [1.82, 2.24) is 30.0 Å². The molecule has 0 unspecified atom stereocenters. The standard InChI is InChI=1S/C43H50F4N6O2/c1-6-11-15-35-43-31(29-21-27(45)23-33(47)41(29)50-43)25-37(53(35)39(55)10-5)51(18-13-8-3)19-14-16-34-42-30(28-20-26(44)22-32(46)40(28)49-42)24-36(48-17-12-7-2)52(34)38(54)9-4/h4-5,20-23,34-37,48-50H,6-8,11-19,24-25H2,1-3H3/t34-,35-,36+,37+/m0/s1. The van der Waals surface area contributed by atoms with Gasteiger partial charge in [-0.15, -0.1) is 12.8 Å². The fourth-order valence-corrected chi connectivity index (χ4v) is 8.73. The van der Waals surface area contributed by atoms with Gasteiger partial charge in [0.1, 0.15) is 23.3 Å². The minimum absolute atomic E-state index is 0.175. The molecule has 4 heterocycles. The fraction of sp³-hybridized carbons (Fsp3) is 0.488. The number of carbonyl (C=O) groups excluding carboxylic acids is 2. The van der Waals surface area contributed by atoms with E-state index < -0.39 is 59.5 Å². The number of terminal acetylenes is 2. The van der Waals surface area contributed by atoms with E-state index >= 15 is 8.78 Å². The van der Waals surface area contributed by atoms with Crippen LogP contribution in [-0.4, -0.2) is 68.4 Å². The highest BCUT2D eigenvalue weighted by molar-refractivity contribution is 5.95. The molecule has 55 heavy (non-hydrogen) atoms. The lowest BCUT2D eigenvalue weighted by Crippen LogP contribution is -2.56. The summed E-state index contributed by atoms with van der Waals surface area (Å²) in [5.74, 6) is 0.843. The second-order valence-electron chi connectivity index (χ2n) is 14.8. The zero-order chi connectivity index (χ0) is 39.4. The molecule has 4 atom stereocenters. The van der Waals surface area contributed by atoms with Crippen LogP contribution in [0.2, 0.25) is 0 Å². The summed E-state index contributed by atoms with van der Waals surface area (Å²) in [6, 6.07) is 3.28. The van der Waals surface area contributed by atoms with Gasteiger partial charge < -0.3 is 19.8 Å². The number of fused-ring (bicyclic) bond motifs is 6. The number of hydrogen-bond acceptors (Lipinski definition) is 4. The van der Waals surface area contributed by atoms with Crippen LogP contribution in [0.3, 0.4) is 0 Å². The Morgan fingerprint density at radius 2 is 1.25 bits per heavy atom. The number of aromatic nitrogens is 2. The third-order valence-electron chi connectivity index (χ3n) is 11.3. The molecule has 4 aromatic rings. The molecule has 2 amide bonds. The summed E-state index contributed by atoms with van der Waals surface area (Å²) in [5, 5.41) is 4.36. The van der Waals surface area contributed by atoms with Crippen molar-refractivity contribution in [3.05, 3.63) is 70.0 Å². The largest absolute Gasteiger partial charge is 0.354 e. The van der Waals surface area contributed by atoms with E-state index in [0.717, 1.165) is 61.8 Å². The van der Waals surface area contributed by atoms with Gasteiger partial charge in [0.15, 0.2) is 0 Å². The van der Waals surface area contributed by atoms with Gasteiger partial charge in [-0.2, -0.15) is 0 Å². The maximum Gasteiger partial charge on any atom is 0.300 e. The third-order valence-corrected chi connectivity index (χ3v) is 11.3. The smallest absolute Gasteiger partial charge is 0.300 e. The predicted molar refractivity (Wildman–Crippen MR) is 206 cm³/mol. The van der Waals surface area contributed by atoms with E-state index in [0.29, 0.717) is 73.9 Å². The first-order chi connectivity index (χ1) is 26.6. The Morgan fingerprint density at radius 1 is 0.745 bits per heavy atom. The van der Waals surface area contributed by atoms with Crippen molar-refractivity contribution >= 4 is 33.6 Å². The van der Waals surface area contributed by atoms with Gasteiger partial charge in [0, 0.05) is 60.2 Å². The number of benzene rings is 2. The van der Waals surface area contributed by atoms with Crippen molar-refractivity contribution in [3.8, 4) is 24.7 Å². The van der Waals surface area contributed by atoms with Crippen LogP contribution in [0.4, 0.5) is 17.6 Å². The number of rotatable bonds is 15. The van der Waals surface area contributed by atoms with Gasteiger partial charge >= 0.3 is 0 Å². The molecule has 6 rings (SSSR count). The quantitative estimate of drug-likeness (QED) is 0.0650. The summed E-state index contributed by atoms with van der Waals surface area (Å²) < 4.78 is 59.6. The second-order valence-corrected chi connectivity index (χ2v) is 14.8. The highest BCUT2D eigenvalue weighted by Crippen LogP contribution is 2.43. The first-order valence-electron chi connectivity index (χ1n) is 19.6. The molecular formula is C43H50F4N6O2. The first-order valence-corrected chi connectivity index (χ1v) is 19.6. The molecule has 12 heteroatoms. The van der Waals surface area contributed by atoms with E-state index in [1.54, 1.807) is 9.80 Å². The van der Waals surface area contributed by atoms with Crippen molar-refractivity contribution < 1.29 is 27.2 Å². The van der Waals surface area contributed by atoms with Gasteiger partial charge in [0.2, 0.25) is 0 Å². The molecule has 2 aliphatic heterocycles. The van der Waals surface area contributed by atoms with E-state index in [9.17, 15) is 18.4 Å². The average Bonchev–Trinajstić information content (AvgIpc) is 3.73. The maximum absolute atomic E-state index is 15.2. The number of aromatic amines is 2. The van der Waals surface area contributed by atoms with Crippen LogP contribution in [0.1, 0.15) is 113 Å². The molecule has 3 N–H and O–H groups in total. The van der Waals surface area contributed by atoms with Gasteiger partial charge in [-0.25, -0.2) is 17.6 Å². The Labute approximate surface area is 320 Å². The lowest BCUT2D eigenvalue weighted by atomic mass is 9.90. The summed E-state index contributed by atoms with van der Waals surface area (Å²) in [7, 11) is 0. The summed E-state index contributed by atoms with van der Waals surface area (Å²) in [6.45, 7) is 7.90. The number of unbranched alkanes of at least 4 members (excludes halogenated alkanes) is 3. The van der Waals surface area contributed by atoms with Gasteiger partial charge in [0.25, 0.3) is 11.8 Å². The number of nitrogens with one attached hydrogen (secondary N) is 3. The van der Waals surface area contributed by atoms with Crippen LogP contribution in [0.25, 0.3) is 21.8 Å². The summed E-state index contributed by atoms with van der Waals surface area (Å²) in [5.41, 5.74) is 3.16. The molecule has 0 bridgehead atoms. The third kappa shape index (κ3) is 7.85. The summed E-state index contributed by atoms with van der Waals surface area (Å²) >= 11 is 0. The topological polar surface area (TPSA) is 87.5 Å². The molecule has 2 aromatic heterocycles. The molecule has 2 aliphatic rings. The van der Waals surface area contributed by atoms with Crippen LogP contribution in [0.5, 0.6) is 0 Å². The Hall–Kier alpha value is -4.78. The molecule has 292 valence electrons. The zero-order valence-electron chi connectivity index (χ0n) is 31.8. The molecule has 0 spiro atoms. The molecule has 0 saturated carbocycles. The monoisotopic (exact) mass is 758 g/mol. The lowest BCUT2D eigenvalue weighted by molar-refractivity contribution is -0.137. The number of H-pyrrole nitrogens is 2. The minimum Gasteiger partial charge on any atom is -0.354 e. The number of nitrogens with zero attached hydrogens (tertiary/aromatic N) is 3. The van der Waals surface area contributed by atoms with E-state index in [4.69, 9.17) is 12.8 Å². The Bertz CT molecular complexity index is 2130. The van der Waals surface area contributed by atoms with E-state index in [1.807, 2.05) is 0 Å². The summed E-state index contributed by atoms with van der Waals surface area (Å²) in [6.07, 6.45) is 17.7. The van der Waals surface area contributed by atoms with Crippen LogP contribution in [-0.2, 0) is 22.4 Å². The van der Waals surface area contributed by atoms with Crippen molar-refractivity contribution in [2.24, 2.45) is 0 Å². The van der Waals surface area contributed by atoms with Gasteiger partial charge in [0.05, 0.1) is 35.4 Å². The van der Waals surface area contributed by atoms with Crippen LogP contribution in [0.15, 0.2) is 24.3 Å². The zero-order valence-corrected chi connectivity index (χ0v) is 31.8. The molecule has 8 nitrogen and oxygen atoms in total. The number of halogens is 4. The van der Waals surface area contributed by atoms with E-state index in [1.165, 1.54) is 12.1 Å². The SMILES string of the molecule is C#CC(=O)N1[C@@H](NCCCC)Cc2c([nH]c3c(F)cc(F)cc23)[C@@H]1CCCN(CCCC)[C@H]1Cc2c([nH]c3c(F)cc(F)cc23)[C@H](CCCC)N1C(=O)C#C. The van der Waals surface area contributed by atoms with E-state index in [-0.39, 0.29) is 11.0 Å². The second kappa shape index (κ2) is 17.3. The van der Waals surface area contributed by atoms with Crippen molar-refractivity contribution in [2.75, 3.05) is 19.6 Å². The molecule has 0 saturated heterocycles. The average molecular weight is 759 g/mol. The normalized spacial score (nSPS) is 19.5. The number of hydrogen-bond donors (Lipinski definition) is 3. The Balaban J connectivity index is 1.38. The van der Waals surface area contributed by atoms with Gasteiger partial charge in [-0.3, -0.25) is 19.8 Å². The first kappa shape index (κ1) is 39.9. The molecule has 0 fully saturated rings. The molecule has 2 aromatic carbocycles. The molecule has 0 radical (unpaired) electrons. The van der Waals surface area contributed by atoms with Crippen molar-refractivity contribution in [2.45, 2.75) is 116 Å². The lowest BCUT2D eigenvalue weighted by Gasteiger charge is -2.47. The number of carbonyl (C=O) groups is 2. The van der Waals surface area contributed by atoms with Crippen LogP contribution in [0, 0.1) is 48.0 Å². The van der Waals surface area contributed by atoms with Crippen molar-refractivity contribution in [3.63, 3.8) is 0 Å². The maximum atomic E-state index is 15.2. The Kier molecular flexibility index (Phi) is 12.6. The predicted octanol–water partition coefficient (Wildman–Crippen LogP) is 8.14. The molecule has 0 aliphatic carbocycles. The fourth-order valence-electron chi connectivity index (χ4n) is 8.73. The Morgan fingerprint density at radius 3 is 1.82 bits per heavy atom. The number of amides is 2. The van der Waals surface area contributed by atoms with Crippen LogP contribution >= 0.6 is 0 Å². The highest BCUT2D eigenvalue weighted by atomic mass is 19.1. The van der Waals surface area contributed by atoms with Gasteiger partial charge in [-0.1, -0.05) is 46.5 Å². The van der Waals surface area contributed by atoms with Crippen molar-refractivity contribution in [1.29, 1.82) is 0 Å².